The lowest BCUT2D eigenvalue weighted by atomic mass is 9.93. The molecule has 2 unspecified atom stereocenters. The largest absolute Gasteiger partial charge is 0.401 e. The lowest BCUT2D eigenvalue weighted by Gasteiger charge is -2.37. The molecule has 2 atom stereocenters. The Kier molecular flexibility index (Phi) is 5.46. The van der Waals surface area contributed by atoms with E-state index in [-0.39, 0.29) is 18.0 Å². The van der Waals surface area contributed by atoms with Gasteiger partial charge in [-0.15, -0.1) is 0 Å². The van der Waals surface area contributed by atoms with E-state index in [0.717, 1.165) is 25.7 Å². The van der Waals surface area contributed by atoms with Crippen molar-refractivity contribution >= 4 is 0 Å². The van der Waals surface area contributed by atoms with Gasteiger partial charge in [0.05, 0.1) is 18.5 Å². The van der Waals surface area contributed by atoms with E-state index in [2.05, 4.69) is 6.07 Å². The standard InChI is InChI=1S/C13H21F3N2/c1-10(2)18(9-13(14,15)16)12-7-5-3-4-6-11(12)8-17/h10-12H,3-7,9H2,1-2H3. The van der Waals surface area contributed by atoms with Crippen LogP contribution in [-0.4, -0.2) is 29.7 Å². The molecule has 1 aliphatic rings. The van der Waals surface area contributed by atoms with Crippen molar-refractivity contribution in [2.24, 2.45) is 5.92 Å². The number of nitrogens with zero attached hydrogens (tertiary/aromatic N) is 2. The molecule has 1 saturated carbocycles. The molecule has 0 aromatic carbocycles. The van der Waals surface area contributed by atoms with E-state index < -0.39 is 12.7 Å². The number of rotatable bonds is 3. The smallest absolute Gasteiger partial charge is 0.288 e. The van der Waals surface area contributed by atoms with Gasteiger partial charge in [-0.05, 0) is 26.7 Å². The summed E-state index contributed by atoms with van der Waals surface area (Å²) >= 11 is 0. The highest BCUT2D eigenvalue weighted by Gasteiger charge is 2.38. The second-order valence-electron chi connectivity index (χ2n) is 5.32. The third kappa shape index (κ3) is 4.49. The Bertz CT molecular complexity index is 294. The molecule has 0 aromatic heterocycles. The van der Waals surface area contributed by atoms with Crippen molar-refractivity contribution in [3.63, 3.8) is 0 Å². The molecule has 0 radical (unpaired) electrons. The molecule has 0 bridgehead atoms. The molecule has 0 amide bonds. The summed E-state index contributed by atoms with van der Waals surface area (Å²) in [5.74, 6) is -0.266. The van der Waals surface area contributed by atoms with Crippen LogP contribution in [0.15, 0.2) is 0 Å². The fourth-order valence-corrected chi connectivity index (χ4v) is 2.73. The third-order valence-corrected chi connectivity index (χ3v) is 3.60. The van der Waals surface area contributed by atoms with Gasteiger partial charge in [0.25, 0.3) is 0 Å². The summed E-state index contributed by atoms with van der Waals surface area (Å²) in [5.41, 5.74) is 0. The molecule has 5 heteroatoms. The number of halogens is 3. The van der Waals surface area contributed by atoms with Gasteiger partial charge in [-0.2, -0.15) is 18.4 Å². The highest BCUT2D eigenvalue weighted by molar-refractivity contribution is 4.95. The summed E-state index contributed by atoms with van der Waals surface area (Å²) in [4.78, 5) is 1.46. The van der Waals surface area contributed by atoms with Gasteiger partial charge in [0.1, 0.15) is 0 Å². The molecule has 0 aromatic rings. The molecule has 0 heterocycles. The van der Waals surface area contributed by atoms with Crippen LogP contribution in [0.5, 0.6) is 0 Å². The van der Waals surface area contributed by atoms with Crippen molar-refractivity contribution in [2.45, 2.75) is 64.2 Å². The van der Waals surface area contributed by atoms with Gasteiger partial charge in [0.15, 0.2) is 0 Å². The zero-order valence-corrected chi connectivity index (χ0v) is 11.0. The Hall–Kier alpha value is -0.760. The molecule has 1 rings (SSSR count). The molecule has 0 aliphatic heterocycles. The Labute approximate surface area is 107 Å². The summed E-state index contributed by atoms with van der Waals surface area (Å²) in [6.07, 6.45) is 0.120. The first-order valence-electron chi connectivity index (χ1n) is 6.57. The minimum Gasteiger partial charge on any atom is -0.288 e. The van der Waals surface area contributed by atoms with Crippen LogP contribution in [0, 0.1) is 17.2 Å². The van der Waals surface area contributed by atoms with E-state index in [9.17, 15) is 13.2 Å². The normalized spacial score (nSPS) is 26.1. The minimum atomic E-state index is -4.20. The predicted octanol–water partition coefficient (Wildman–Crippen LogP) is 3.73. The molecule has 104 valence electrons. The molecule has 0 spiro atoms. The predicted molar refractivity (Wildman–Crippen MR) is 63.9 cm³/mol. The quantitative estimate of drug-likeness (QED) is 0.725. The number of hydrogen-bond donors (Lipinski definition) is 0. The molecule has 0 N–H and O–H groups in total. The van der Waals surface area contributed by atoms with Crippen LogP contribution < -0.4 is 0 Å². The van der Waals surface area contributed by atoms with Crippen LogP contribution in [0.4, 0.5) is 13.2 Å². The van der Waals surface area contributed by atoms with Gasteiger partial charge >= 0.3 is 6.18 Å². The third-order valence-electron chi connectivity index (χ3n) is 3.60. The molecule has 18 heavy (non-hydrogen) atoms. The average molecular weight is 262 g/mol. The van der Waals surface area contributed by atoms with Gasteiger partial charge in [-0.25, -0.2) is 0 Å². The van der Waals surface area contributed by atoms with Crippen molar-refractivity contribution in [3.05, 3.63) is 0 Å². The second-order valence-corrected chi connectivity index (χ2v) is 5.32. The zero-order chi connectivity index (χ0) is 13.8. The lowest BCUT2D eigenvalue weighted by Crippen LogP contribution is -2.48. The second kappa shape index (κ2) is 6.42. The highest BCUT2D eigenvalue weighted by atomic mass is 19.4. The van der Waals surface area contributed by atoms with Gasteiger partial charge in [0.2, 0.25) is 0 Å². The molecular weight excluding hydrogens is 241 g/mol. The van der Waals surface area contributed by atoms with Crippen LogP contribution in [0.25, 0.3) is 0 Å². The van der Waals surface area contributed by atoms with Crippen LogP contribution in [0.2, 0.25) is 0 Å². The van der Waals surface area contributed by atoms with Gasteiger partial charge in [-0.3, -0.25) is 4.90 Å². The maximum Gasteiger partial charge on any atom is 0.401 e. The fourth-order valence-electron chi connectivity index (χ4n) is 2.73. The van der Waals surface area contributed by atoms with Crippen molar-refractivity contribution in [1.82, 2.24) is 4.90 Å². The number of nitriles is 1. The molecular formula is C13H21F3N2. The summed E-state index contributed by atoms with van der Waals surface area (Å²) in [6, 6.07) is 1.77. The minimum absolute atomic E-state index is 0.189. The average Bonchev–Trinajstić information content (AvgIpc) is 2.48. The molecule has 1 fully saturated rings. The topological polar surface area (TPSA) is 27.0 Å². The Morgan fingerprint density at radius 3 is 2.33 bits per heavy atom. The van der Waals surface area contributed by atoms with Gasteiger partial charge in [-0.1, -0.05) is 19.3 Å². The summed E-state index contributed by atoms with van der Waals surface area (Å²) in [6.45, 7) is 2.63. The fraction of sp³-hybridized carbons (Fsp3) is 0.923. The maximum absolute atomic E-state index is 12.6. The Morgan fingerprint density at radius 1 is 1.22 bits per heavy atom. The van der Waals surface area contributed by atoms with Gasteiger partial charge < -0.3 is 0 Å². The first-order valence-corrected chi connectivity index (χ1v) is 6.57. The first kappa shape index (κ1) is 15.3. The van der Waals surface area contributed by atoms with Crippen LogP contribution in [-0.2, 0) is 0 Å². The van der Waals surface area contributed by atoms with Crippen molar-refractivity contribution in [1.29, 1.82) is 5.26 Å². The van der Waals surface area contributed by atoms with E-state index in [1.807, 2.05) is 0 Å². The van der Waals surface area contributed by atoms with Crippen LogP contribution in [0.1, 0.15) is 46.0 Å². The van der Waals surface area contributed by atoms with E-state index in [1.54, 1.807) is 13.8 Å². The van der Waals surface area contributed by atoms with Crippen LogP contribution in [0.3, 0.4) is 0 Å². The SMILES string of the molecule is CC(C)N(CC(F)(F)F)C1CCCCCC1C#N. The summed E-state index contributed by atoms with van der Waals surface area (Å²) in [7, 11) is 0. The summed E-state index contributed by atoms with van der Waals surface area (Å²) in [5, 5.41) is 9.16. The van der Waals surface area contributed by atoms with E-state index in [1.165, 1.54) is 4.90 Å². The Morgan fingerprint density at radius 2 is 1.83 bits per heavy atom. The summed E-state index contributed by atoms with van der Waals surface area (Å²) < 4.78 is 37.9. The number of alkyl halides is 3. The van der Waals surface area contributed by atoms with Gasteiger partial charge in [0, 0.05) is 12.1 Å². The first-order chi connectivity index (χ1) is 8.35. The maximum atomic E-state index is 12.6. The number of hydrogen-bond acceptors (Lipinski definition) is 2. The Balaban J connectivity index is 2.84. The monoisotopic (exact) mass is 262 g/mol. The molecule has 1 aliphatic carbocycles. The highest BCUT2D eigenvalue weighted by Crippen LogP contribution is 2.30. The van der Waals surface area contributed by atoms with Crippen molar-refractivity contribution in [3.8, 4) is 6.07 Å². The zero-order valence-electron chi connectivity index (χ0n) is 11.0. The molecule has 2 nitrogen and oxygen atoms in total. The van der Waals surface area contributed by atoms with E-state index in [0.29, 0.717) is 6.42 Å². The molecule has 0 saturated heterocycles. The van der Waals surface area contributed by atoms with Crippen molar-refractivity contribution in [2.75, 3.05) is 6.54 Å². The van der Waals surface area contributed by atoms with Crippen LogP contribution >= 0.6 is 0 Å². The van der Waals surface area contributed by atoms with E-state index >= 15 is 0 Å². The lowest BCUT2D eigenvalue weighted by molar-refractivity contribution is -0.157. The van der Waals surface area contributed by atoms with Crippen molar-refractivity contribution < 1.29 is 13.2 Å². The van der Waals surface area contributed by atoms with E-state index in [4.69, 9.17) is 5.26 Å².